The fourth-order valence-corrected chi connectivity index (χ4v) is 1.76. The van der Waals surface area contributed by atoms with Gasteiger partial charge >= 0.3 is 12.1 Å². The molecule has 0 fully saturated rings. The van der Waals surface area contributed by atoms with Crippen LogP contribution in [0.25, 0.3) is 0 Å². The van der Waals surface area contributed by atoms with Crippen molar-refractivity contribution in [3.63, 3.8) is 0 Å². The third-order valence-electron chi connectivity index (χ3n) is 2.87. The van der Waals surface area contributed by atoms with Crippen molar-refractivity contribution in [3.05, 3.63) is 55.9 Å². The first kappa shape index (κ1) is 22.5. The number of esters is 1. The Morgan fingerprint density at radius 2 is 1.68 bits per heavy atom. The van der Waals surface area contributed by atoms with Gasteiger partial charge in [0, 0.05) is 18.7 Å². The molecule has 0 spiro atoms. The van der Waals surface area contributed by atoms with E-state index in [0.29, 0.717) is 6.07 Å². The molecule has 12 heteroatoms. The van der Waals surface area contributed by atoms with E-state index in [9.17, 15) is 34.2 Å². The van der Waals surface area contributed by atoms with Crippen LogP contribution in [-0.4, -0.2) is 40.7 Å². The number of amides is 1. The number of nitro benzene ring substituents is 2. The molecule has 1 amide bonds. The van der Waals surface area contributed by atoms with E-state index < -0.39 is 56.9 Å². The van der Waals surface area contributed by atoms with Crippen molar-refractivity contribution in [3.8, 4) is 0 Å². The molecule has 0 aliphatic rings. The van der Waals surface area contributed by atoms with Crippen LogP contribution in [0.1, 0.15) is 31.1 Å². The number of carbonyl (C=O) groups is 2. The minimum absolute atomic E-state index is 0.236. The van der Waals surface area contributed by atoms with Gasteiger partial charge in [-0.1, -0.05) is 0 Å². The first-order valence-corrected chi connectivity index (χ1v) is 7.81. The van der Waals surface area contributed by atoms with Crippen LogP contribution in [0.15, 0.2) is 30.1 Å². The Morgan fingerprint density at radius 3 is 2.14 bits per heavy atom. The molecule has 28 heavy (non-hydrogen) atoms. The van der Waals surface area contributed by atoms with Crippen LogP contribution in [0, 0.1) is 20.2 Å². The topological polar surface area (TPSA) is 151 Å². The molecular weight excluding hydrogens is 381 g/mol. The third-order valence-corrected chi connectivity index (χ3v) is 2.87. The van der Waals surface area contributed by atoms with Crippen molar-refractivity contribution in [2.75, 3.05) is 13.2 Å². The Balaban J connectivity index is 2.67. The first-order valence-electron chi connectivity index (χ1n) is 7.81. The second kappa shape index (κ2) is 9.39. The highest BCUT2D eigenvalue weighted by Crippen LogP contribution is 2.23. The number of ether oxygens (including phenoxy) is 2. The van der Waals surface area contributed by atoms with Crippen LogP contribution in [0.3, 0.4) is 0 Å². The molecule has 1 aromatic carbocycles. The number of nitrogens with one attached hydrogen (secondary N) is 1. The van der Waals surface area contributed by atoms with E-state index in [-0.39, 0.29) is 6.54 Å². The fraction of sp³-hybridized carbons (Fsp3) is 0.375. The summed E-state index contributed by atoms with van der Waals surface area (Å²) < 4.78 is 23.2. The molecule has 0 aromatic heterocycles. The van der Waals surface area contributed by atoms with Crippen molar-refractivity contribution in [2.24, 2.45) is 0 Å². The molecule has 0 aliphatic carbocycles. The van der Waals surface area contributed by atoms with Crippen molar-refractivity contribution < 1.29 is 33.3 Å². The van der Waals surface area contributed by atoms with E-state index in [1.807, 2.05) is 0 Å². The molecule has 0 heterocycles. The zero-order valence-electron chi connectivity index (χ0n) is 15.3. The maximum absolute atomic E-state index is 13.7. The van der Waals surface area contributed by atoms with Crippen molar-refractivity contribution in [1.29, 1.82) is 0 Å². The van der Waals surface area contributed by atoms with Crippen LogP contribution in [0.2, 0.25) is 0 Å². The zero-order valence-corrected chi connectivity index (χ0v) is 15.3. The Kier molecular flexibility index (Phi) is 7.54. The van der Waals surface area contributed by atoms with Gasteiger partial charge in [-0.25, -0.2) is 14.0 Å². The van der Waals surface area contributed by atoms with Gasteiger partial charge in [0.05, 0.1) is 21.5 Å². The maximum atomic E-state index is 13.7. The quantitative estimate of drug-likeness (QED) is 0.417. The van der Waals surface area contributed by atoms with E-state index >= 15 is 0 Å². The molecule has 0 atom stereocenters. The number of non-ortho nitro benzene ring substituents is 2. The van der Waals surface area contributed by atoms with E-state index in [1.54, 1.807) is 20.8 Å². The number of carbonyl (C=O) groups excluding carboxylic acids is 2. The number of benzene rings is 1. The molecular formula is C16H18FN3O8. The summed E-state index contributed by atoms with van der Waals surface area (Å²) in [4.78, 5) is 43.0. The average Bonchev–Trinajstić information content (AvgIpc) is 2.57. The van der Waals surface area contributed by atoms with E-state index in [1.165, 1.54) is 0 Å². The van der Waals surface area contributed by atoms with Crippen LogP contribution in [0.5, 0.6) is 0 Å². The number of hydrogen-bond acceptors (Lipinski definition) is 8. The van der Waals surface area contributed by atoms with Gasteiger partial charge in [-0.05, 0) is 26.8 Å². The molecule has 0 bridgehead atoms. The molecule has 0 radical (unpaired) electrons. The van der Waals surface area contributed by atoms with Gasteiger partial charge < -0.3 is 14.8 Å². The second-order valence-electron chi connectivity index (χ2n) is 6.36. The van der Waals surface area contributed by atoms with E-state index in [2.05, 4.69) is 10.1 Å². The molecule has 11 nitrogen and oxygen atoms in total. The lowest BCUT2D eigenvalue weighted by atomic mass is 10.2. The molecule has 1 aromatic rings. The molecule has 0 unspecified atom stereocenters. The summed E-state index contributed by atoms with van der Waals surface area (Å²) in [5, 5.41) is 23.8. The summed E-state index contributed by atoms with van der Waals surface area (Å²) in [6.07, 6.45) is 0.157. The largest absolute Gasteiger partial charge is 0.455 e. The zero-order chi connectivity index (χ0) is 21.5. The molecule has 1 N–H and O–H groups in total. The number of rotatable bonds is 7. The molecule has 0 saturated heterocycles. The van der Waals surface area contributed by atoms with Crippen molar-refractivity contribution >= 4 is 23.4 Å². The van der Waals surface area contributed by atoms with E-state index in [4.69, 9.17) is 4.74 Å². The number of hydrogen-bond donors (Lipinski definition) is 1. The Labute approximate surface area is 158 Å². The minimum atomic E-state index is -1.18. The Bertz CT molecular complexity index is 784. The highest BCUT2D eigenvalue weighted by Gasteiger charge is 2.21. The molecule has 0 aliphatic heterocycles. The minimum Gasteiger partial charge on any atom is -0.455 e. The fourth-order valence-electron chi connectivity index (χ4n) is 1.76. The van der Waals surface area contributed by atoms with Crippen LogP contribution in [-0.2, 0) is 9.47 Å². The summed E-state index contributed by atoms with van der Waals surface area (Å²) in [7, 11) is 0. The molecule has 0 saturated carbocycles. The summed E-state index contributed by atoms with van der Waals surface area (Å²) in [6.45, 7) is 3.90. The number of nitrogens with zero attached hydrogens (tertiary/aromatic N) is 2. The Morgan fingerprint density at radius 1 is 1.14 bits per heavy atom. The summed E-state index contributed by atoms with van der Waals surface area (Å²) >= 11 is 0. The van der Waals surface area contributed by atoms with Gasteiger partial charge in [-0.2, -0.15) is 0 Å². The second-order valence-corrected chi connectivity index (χ2v) is 6.36. The highest BCUT2D eigenvalue weighted by molar-refractivity contribution is 5.91. The summed E-state index contributed by atoms with van der Waals surface area (Å²) in [5.74, 6) is -2.10. The lowest BCUT2D eigenvalue weighted by Crippen LogP contribution is -2.32. The van der Waals surface area contributed by atoms with Gasteiger partial charge in [0.2, 0.25) is 0 Å². The van der Waals surface area contributed by atoms with E-state index in [0.717, 1.165) is 18.2 Å². The Hall–Kier alpha value is -3.57. The monoisotopic (exact) mass is 399 g/mol. The lowest BCUT2D eigenvalue weighted by Gasteiger charge is -2.19. The van der Waals surface area contributed by atoms with Gasteiger partial charge in [0.25, 0.3) is 11.4 Å². The van der Waals surface area contributed by atoms with Gasteiger partial charge in [0.15, 0.2) is 0 Å². The number of halogens is 1. The van der Waals surface area contributed by atoms with Gasteiger partial charge in [-0.15, -0.1) is 0 Å². The summed E-state index contributed by atoms with van der Waals surface area (Å²) in [5.41, 5.74) is -2.55. The molecule has 152 valence electrons. The smallest absolute Gasteiger partial charge is 0.407 e. The summed E-state index contributed by atoms with van der Waals surface area (Å²) in [6, 6.07) is 2.24. The van der Waals surface area contributed by atoms with Gasteiger partial charge in [-0.3, -0.25) is 20.2 Å². The number of alkyl carbamates (subject to hydrolysis) is 1. The lowest BCUT2D eigenvalue weighted by molar-refractivity contribution is -0.394. The van der Waals surface area contributed by atoms with Crippen molar-refractivity contribution in [2.45, 2.75) is 26.4 Å². The third kappa shape index (κ3) is 7.76. The first-order chi connectivity index (χ1) is 12.9. The SMILES string of the molecule is CC(C)(C)OC(=O)NCC=C(F)COC(=O)c1cc([N+](=O)[O-])cc([N+](=O)[O-])c1. The average molecular weight is 399 g/mol. The van der Waals surface area contributed by atoms with Crippen LogP contribution in [0.4, 0.5) is 20.6 Å². The predicted molar refractivity (Wildman–Crippen MR) is 93.5 cm³/mol. The standard InChI is InChI=1S/C16H18FN3O8/c1-16(2,3)28-15(22)18-5-4-11(17)9-27-14(21)10-6-12(19(23)24)8-13(7-10)20(25)26/h4,6-8H,5,9H2,1-3H3,(H,18,22). The number of nitro groups is 2. The maximum Gasteiger partial charge on any atom is 0.407 e. The van der Waals surface area contributed by atoms with Crippen LogP contribution < -0.4 is 5.32 Å². The normalized spacial score (nSPS) is 11.5. The molecule has 1 rings (SSSR count). The van der Waals surface area contributed by atoms with Gasteiger partial charge in [0.1, 0.15) is 18.0 Å². The van der Waals surface area contributed by atoms with Crippen LogP contribution >= 0.6 is 0 Å². The van der Waals surface area contributed by atoms with Crippen molar-refractivity contribution in [1.82, 2.24) is 5.32 Å². The highest BCUT2D eigenvalue weighted by atomic mass is 19.1. The predicted octanol–water partition coefficient (Wildman–Crippen LogP) is 3.04.